The minimum absolute atomic E-state index is 0.624. The molecule has 1 aromatic rings. The van der Waals surface area contributed by atoms with Crippen LogP contribution in [0.25, 0.3) is 0 Å². The van der Waals surface area contributed by atoms with Crippen molar-refractivity contribution in [2.24, 2.45) is 10.9 Å². The van der Waals surface area contributed by atoms with Crippen molar-refractivity contribution in [3.8, 4) is 0 Å². The lowest BCUT2D eigenvalue weighted by atomic mass is 10.2. The fourth-order valence-corrected chi connectivity index (χ4v) is 4.51. The van der Waals surface area contributed by atoms with E-state index in [-0.39, 0.29) is 0 Å². The summed E-state index contributed by atoms with van der Waals surface area (Å²) in [4.78, 5) is 12.5. The van der Waals surface area contributed by atoms with Crippen LogP contribution < -0.4 is 10.2 Å². The maximum atomic E-state index is 4.96. The van der Waals surface area contributed by atoms with Gasteiger partial charge in [0, 0.05) is 45.8 Å². The summed E-state index contributed by atoms with van der Waals surface area (Å²) in [5, 5.41) is 7.05. The van der Waals surface area contributed by atoms with Gasteiger partial charge in [-0.05, 0) is 56.3 Å². The summed E-state index contributed by atoms with van der Waals surface area (Å²) in [6.45, 7) is 14.3. The maximum absolute atomic E-state index is 4.96. The van der Waals surface area contributed by atoms with Gasteiger partial charge in [-0.25, -0.2) is 0 Å². The van der Waals surface area contributed by atoms with Gasteiger partial charge in [-0.1, -0.05) is 6.92 Å². The highest BCUT2D eigenvalue weighted by atomic mass is 32.1. The number of likely N-dealkylation sites (tertiary alicyclic amines) is 1. The van der Waals surface area contributed by atoms with Crippen LogP contribution in [0.2, 0.25) is 0 Å². The molecule has 0 aliphatic carbocycles. The first kappa shape index (κ1) is 18.5. The molecule has 1 unspecified atom stereocenters. The Labute approximate surface area is 156 Å². The molecule has 0 amide bonds. The Bertz CT molecular complexity index is 516. The maximum Gasteiger partial charge on any atom is 0.194 e. The number of piperazine rings is 1. The summed E-state index contributed by atoms with van der Waals surface area (Å²) in [6.07, 6.45) is 2.74. The Morgan fingerprint density at radius 3 is 2.60 bits per heavy atom. The lowest BCUT2D eigenvalue weighted by Gasteiger charge is -2.37. The molecular formula is C19H33N5S. The van der Waals surface area contributed by atoms with Gasteiger partial charge >= 0.3 is 0 Å². The number of nitrogens with zero attached hydrogens (tertiary/aromatic N) is 4. The first-order chi connectivity index (χ1) is 12.3. The highest BCUT2D eigenvalue weighted by molar-refractivity contribution is 7.14. The first-order valence-corrected chi connectivity index (χ1v) is 10.7. The predicted molar refractivity (Wildman–Crippen MR) is 109 cm³/mol. The van der Waals surface area contributed by atoms with Crippen molar-refractivity contribution >= 4 is 22.3 Å². The molecular weight excluding hydrogens is 330 g/mol. The van der Waals surface area contributed by atoms with Crippen LogP contribution in [0.1, 0.15) is 26.7 Å². The number of rotatable bonds is 6. The van der Waals surface area contributed by atoms with Crippen LogP contribution >= 0.6 is 11.3 Å². The molecule has 0 radical (unpaired) electrons. The van der Waals surface area contributed by atoms with Crippen molar-refractivity contribution in [3.05, 3.63) is 17.5 Å². The molecule has 2 fully saturated rings. The second-order valence-electron chi connectivity index (χ2n) is 7.23. The zero-order chi connectivity index (χ0) is 17.5. The van der Waals surface area contributed by atoms with E-state index in [1.807, 2.05) is 11.3 Å². The molecule has 3 heterocycles. The minimum Gasteiger partial charge on any atom is -0.360 e. The van der Waals surface area contributed by atoms with Crippen LogP contribution in [0, 0.1) is 5.92 Å². The van der Waals surface area contributed by atoms with Crippen LogP contribution in [0.5, 0.6) is 0 Å². The number of nitrogens with one attached hydrogen (secondary N) is 1. The fraction of sp³-hybridized carbons (Fsp3) is 0.737. The van der Waals surface area contributed by atoms with Crippen molar-refractivity contribution in [2.75, 3.05) is 63.8 Å². The lowest BCUT2D eigenvalue weighted by molar-refractivity contribution is 0.290. The summed E-state index contributed by atoms with van der Waals surface area (Å²) >= 11 is 1.84. The standard InChI is InChI=1S/C19H33N5S/c1-3-20-19(21-15-17(2)16-22-8-4-5-9-22)24-12-10-23(11-13-24)18-7-6-14-25-18/h6-7,14,17H,3-5,8-13,15-16H2,1-2H3,(H,20,21). The second-order valence-corrected chi connectivity index (χ2v) is 8.16. The minimum atomic E-state index is 0.624. The molecule has 0 spiro atoms. The number of thiophene rings is 1. The van der Waals surface area contributed by atoms with E-state index in [9.17, 15) is 0 Å². The van der Waals surface area contributed by atoms with E-state index in [1.54, 1.807) is 0 Å². The van der Waals surface area contributed by atoms with E-state index in [0.717, 1.165) is 45.2 Å². The molecule has 140 valence electrons. The van der Waals surface area contributed by atoms with Gasteiger partial charge in [0.25, 0.3) is 0 Å². The zero-order valence-corrected chi connectivity index (χ0v) is 16.6. The van der Waals surface area contributed by atoms with Gasteiger partial charge < -0.3 is 20.0 Å². The fourth-order valence-electron chi connectivity index (χ4n) is 3.72. The number of anilines is 1. The Morgan fingerprint density at radius 1 is 1.20 bits per heavy atom. The Kier molecular flexibility index (Phi) is 6.99. The van der Waals surface area contributed by atoms with Crippen LogP contribution in [0.15, 0.2) is 22.5 Å². The third-order valence-electron chi connectivity index (χ3n) is 5.05. The van der Waals surface area contributed by atoms with Gasteiger partial charge in [0.2, 0.25) is 0 Å². The van der Waals surface area contributed by atoms with Crippen molar-refractivity contribution < 1.29 is 0 Å². The van der Waals surface area contributed by atoms with Crippen LogP contribution in [0.4, 0.5) is 5.00 Å². The van der Waals surface area contributed by atoms with E-state index in [0.29, 0.717) is 5.92 Å². The number of hydrogen-bond donors (Lipinski definition) is 1. The Morgan fingerprint density at radius 2 is 1.96 bits per heavy atom. The van der Waals surface area contributed by atoms with Gasteiger partial charge in [-0.15, -0.1) is 11.3 Å². The van der Waals surface area contributed by atoms with Crippen molar-refractivity contribution in [3.63, 3.8) is 0 Å². The van der Waals surface area contributed by atoms with E-state index >= 15 is 0 Å². The molecule has 0 saturated carbocycles. The Hall–Kier alpha value is -1.27. The van der Waals surface area contributed by atoms with Crippen LogP contribution in [0.3, 0.4) is 0 Å². The summed E-state index contributed by atoms with van der Waals surface area (Å²) in [5.74, 6) is 1.72. The van der Waals surface area contributed by atoms with E-state index in [2.05, 4.69) is 51.4 Å². The van der Waals surface area contributed by atoms with E-state index < -0.39 is 0 Å². The van der Waals surface area contributed by atoms with Crippen molar-refractivity contribution in [1.29, 1.82) is 0 Å². The van der Waals surface area contributed by atoms with E-state index in [1.165, 1.54) is 37.5 Å². The summed E-state index contributed by atoms with van der Waals surface area (Å²) in [7, 11) is 0. The highest BCUT2D eigenvalue weighted by Gasteiger charge is 2.21. The molecule has 0 aromatic carbocycles. The molecule has 25 heavy (non-hydrogen) atoms. The van der Waals surface area contributed by atoms with E-state index in [4.69, 9.17) is 4.99 Å². The molecule has 2 aliphatic rings. The average Bonchev–Trinajstić information content (AvgIpc) is 3.32. The van der Waals surface area contributed by atoms with Gasteiger partial charge in [-0.3, -0.25) is 4.99 Å². The molecule has 6 heteroatoms. The number of hydrogen-bond acceptors (Lipinski definition) is 4. The largest absolute Gasteiger partial charge is 0.360 e. The molecule has 2 saturated heterocycles. The topological polar surface area (TPSA) is 34.1 Å². The van der Waals surface area contributed by atoms with Crippen molar-refractivity contribution in [1.82, 2.24) is 15.1 Å². The van der Waals surface area contributed by atoms with Gasteiger partial charge in [-0.2, -0.15) is 0 Å². The molecule has 1 aromatic heterocycles. The van der Waals surface area contributed by atoms with Gasteiger partial charge in [0.15, 0.2) is 5.96 Å². The summed E-state index contributed by atoms with van der Waals surface area (Å²) in [5.41, 5.74) is 0. The molecule has 2 aliphatic heterocycles. The molecule has 5 nitrogen and oxygen atoms in total. The second kappa shape index (κ2) is 9.43. The van der Waals surface area contributed by atoms with Gasteiger partial charge in [0.1, 0.15) is 0 Å². The average molecular weight is 364 g/mol. The van der Waals surface area contributed by atoms with Crippen LogP contribution in [-0.4, -0.2) is 74.7 Å². The number of guanidine groups is 1. The van der Waals surface area contributed by atoms with Crippen LogP contribution in [-0.2, 0) is 0 Å². The van der Waals surface area contributed by atoms with Crippen molar-refractivity contribution in [2.45, 2.75) is 26.7 Å². The quantitative estimate of drug-likeness (QED) is 0.622. The molecule has 1 N–H and O–H groups in total. The normalized spacial score (nSPS) is 21.0. The smallest absolute Gasteiger partial charge is 0.194 e. The Balaban J connectivity index is 1.50. The molecule has 3 rings (SSSR count). The molecule has 1 atom stereocenters. The summed E-state index contributed by atoms with van der Waals surface area (Å²) in [6, 6.07) is 4.36. The monoisotopic (exact) mass is 363 g/mol. The SMILES string of the molecule is CCNC(=NCC(C)CN1CCCC1)N1CCN(c2cccs2)CC1. The third kappa shape index (κ3) is 5.35. The number of aliphatic imine (C=N–C) groups is 1. The lowest BCUT2D eigenvalue weighted by Crippen LogP contribution is -2.52. The molecule has 0 bridgehead atoms. The summed E-state index contributed by atoms with van der Waals surface area (Å²) < 4.78 is 0. The predicted octanol–water partition coefficient (Wildman–Crippen LogP) is 2.57. The first-order valence-electron chi connectivity index (χ1n) is 9.80. The zero-order valence-electron chi connectivity index (χ0n) is 15.8. The highest BCUT2D eigenvalue weighted by Crippen LogP contribution is 2.22. The van der Waals surface area contributed by atoms with Gasteiger partial charge in [0.05, 0.1) is 5.00 Å². The third-order valence-corrected chi connectivity index (χ3v) is 5.98.